The lowest BCUT2D eigenvalue weighted by molar-refractivity contribution is -0.145. The standard InChI is InChI=1S/C26H31N3O5/c1-28(2)14-23(25(32)29(15-24(30)31)13-17-11-12-17)27-26(33)34-16-22-20-9-5-3-7-18(20)19-8-4-6-10-21(19)22/h3-10,17,22-23H,11-16H2,1-2H3,(H,27,33)(H,30,31). The number of benzene rings is 2. The van der Waals surface area contributed by atoms with Crippen molar-refractivity contribution in [3.05, 3.63) is 59.7 Å². The molecule has 0 saturated heterocycles. The molecule has 34 heavy (non-hydrogen) atoms. The van der Waals surface area contributed by atoms with Crippen molar-refractivity contribution >= 4 is 18.0 Å². The van der Waals surface area contributed by atoms with E-state index in [4.69, 9.17) is 4.74 Å². The summed E-state index contributed by atoms with van der Waals surface area (Å²) in [5.41, 5.74) is 4.48. The van der Waals surface area contributed by atoms with Crippen LogP contribution in [-0.4, -0.2) is 79.3 Å². The van der Waals surface area contributed by atoms with Crippen LogP contribution in [0, 0.1) is 5.92 Å². The maximum atomic E-state index is 13.2. The average Bonchev–Trinajstić information content (AvgIpc) is 3.56. The van der Waals surface area contributed by atoms with Crippen molar-refractivity contribution in [1.82, 2.24) is 15.1 Å². The molecule has 1 unspecified atom stereocenters. The summed E-state index contributed by atoms with van der Waals surface area (Å²) in [6, 6.07) is 15.3. The molecule has 0 aliphatic heterocycles. The zero-order valence-electron chi connectivity index (χ0n) is 19.6. The molecule has 1 fully saturated rings. The Labute approximate surface area is 199 Å². The smallest absolute Gasteiger partial charge is 0.407 e. The van der Waals surface area contributed by atoms with Gasteiger partial charge in [0.15, 0.2) is 0 Å². The summed E-state index contributed by atoms with van der Waals surface area (Å²) in [5, 5.41) is 11.9. The van der Waals surface area contributed by atoms with Gasteiger partial charge in [0.1, 0.15) is 19.2 Å². The third kappa shape index (κ3) is 5.56. The number of carbonyl (C=O) groups is 3. The van der Waals surface area contributed by atoms with Gasteiger partial charge in [-0.2, -0.15) is 0 Å². The number of amides is 2. The monoisotopic (exact) mass is 465 g/mol. The molecular weight excluding hydrogens is 434 g/mol. The van der Waals surface area contributed by atoms with Crippen molar-refractivity contribution in [2.75, 3.05) is 40.3 Å². The molecule has 0 aromatic heterocycles. The highest BCUT2D eigenvalue weighted by molar-refractivity contribution is 5.88. The maximum absolute atomic E-state index is 13.2. The SMILES string of the molecule is CN(C)CC(NC(=O)OCC1c2ccccc2-c2ccccc21)C(=O)N(CC(=O)O)CC1CC1. The van der Waals surface area contributed by atoms with Crippen molar-refractivity contribution < 1.29 is 24.2 Å². The van der Waals surface area contributed by atoms with E-state index in [1.165, 1.54) is 4.90 Å². The van der Waals surface area contributed by atoms with Crippen LogP contribution in [0.3, 0.4) is 0 Å². The molecule has 2 aliphatic carbocycles. The third-order valence-electron chi connectivity index (χ3n) is 6.29. The summed E-state index contributed by atoms with van der Waals surface area (Å²) in [6.07, 6.45) is 1.28. The lowest BCUT2D eigenvalue weighted by Gasteiger charge is -2.28. The Bertz CT molecular complexity index is 1020. The first kappa shape index (κ1) is 23.8. The Morgan fingerprint density at radius 2 is 1.62 bits per heavy atom. The second kappa shape index (κ2) is 10.3. The summed E-state index contributed by atoms with van der Waals surface area (Å²) in [5.74, 6) is -1.23. The number of carbonyl (C=O) groups excluding carboxylic acids is 2. The Hall–Kier alpha value is -3.39. The van der Waals surface area contributed by atoms with E-state index in [2.05, 4.69) is 17.4 Å². The van der Waals surface area contributed by atoms with Crippen LogP contribution in [0.2, 0.25) is 0 Å². The predicted molar refractivity (Wildman–Crippen MR) is 127 cm³/mol. The molecule has 180 valence electrons. The highest BCUT2D eigenvalue weighted by Gasteiger charge is 2.34. The number of ether oxygens (including phenoxy) is 1. The summed E-state index contributed by atoms with van der Waals surface area (Å²) in [6.45, 7) is 0.389. The number of nitrogens with one attached hydrogen (secondary N) is 1. The quantitative estimate of drug-likeness (QED) is 0.560. The van der Waals surface area contributed by atoms with E-state index >= 15 is 0 Å². The molecule has 1 saturated carbocycles. The fourth-order valence-corrected chi connectivity index (χ4v) is 4.56. The number of rotatable bonds is 10. The zero-order chi connectivity index (χ0) is 24.2. The second-order valence-electron chi connectivity index (χ2n) is 9.34. The Balaban J connectivity index is 1.43. The lowest BCUT2D eigenvalue weighted by Crippen LogP contribution is -2.54. The van der Waals surface area contributed by atoms with Crippen LogP contribution in [-0.2, 0) is 14.3 Å². The molecule has 2 aromatic rings. The molecule has 2 amide bonds. The van der Waals surface area contributed by atoms with Crippen LogP contribution in [0.4, 0.5) is 4.79 Å². The number of nitrogens with zero attached hydrogens (tertiary/aromatic N) is 2. The van der Waals surface area contributed by atoms with E-state index in [-0.39, 0.29) is 25.6 Å². The highest BCUT2D eigenvalue weighted by Crippen LogP contribution is 2.44. The fraction of sp³-hybridized carbons (Fsp3) is 0.423. The van der Waals surface area contributed by atoms with Gasteiger partial charge in [0, 0.05) is 19.0 Å². The molecule has 2 aliphatic rings. The molecule has 0 radical (unpaired) electrons. The van der Waals surface area contributed by atoms with E-state index in [0.29, 0.717) is 12.5 Å². The van der Waals surface area contributed by atoms with Crippen LogP contribution in [0.15, 0.2) is 48.5 Å². The number of hydrogen-bond acceptors (Lipinski definition) is 5. The molecule has 0 bridgehead atoms. The molecule has 4 rings (SSSR count). The third-order valence-corrected chi connectivity index (χ3v) is 6.29. The van der Waals surface area contributed by atoms with E-state index < -0.39 is 24.0 Å². The minimum Gasteiger partial charge on any atom is -0.480 e. The van der Waals surface area contributed by atoms with Crippen molar-refractivity contribution in [1.29, 1.82) is 0 Å². The molecule has 8 heteroatoms. The minimum absolute atomic E-state index is 0.0838. The summed E-state index contributed by atoms with van der Waals surface area (Å²) in [7, 11) is 3.59. The van der Waals surface area contributed by atoms with Crippen molar-refractivity contribution in [3.63, 3.8) is 0 Å². The summed E-state index contributed by atoms with van der Waals surface area (Å²) in [4.78, 5) is 40.4. The predicted octanol–water partition coefficient (Wildman–Crippen LogP) is 2.78. The van der Waals surface area contributed by atoms with Crippen molar-refractivity contribution in [2.24, 2.45) is 5.92 Å². The largest absolute Gasteiger partial charge is 0.480 e. The van der Waals surface area contributed by atoms with Gasteiger partial charge in [-0.05, 0) is 55.1 Å². The normalized spacial score (nSPS) is 15.4. The highest BCUT2D eigenvalue weighted by atomic mass is 16.5. The molecule has 1 atom stereocenters. The van der Waals surface area contributed by atoms with Crippen LogP contribution in [0.25, 0.3) is 11.1 Å². The van der Waals surface area contributed by atoms with E-state index in [1.54, 1.807) is 19.0 Å². The van der Waals surface area contributed by atoms with Gasteiger partial charge in [-0.15, -0.1) is 0 Å². The molecule has 2 aromatic carbocycles. The van der Waals surface area contributed by atoms with Crippen LogP contribution in [0.5, 0.6) is 0 Å². The van der Waals surface area contributed by atoms with Gasteiger partial charge in [-0.3, -0.25) is 9.59 Å². The fourth-order valence-electron chi connectivity index (χ4n) is 4.56. The first-order valence-electron chi connectivity index (χ1n) is 11.6. The van der Waals surface area contributed by atoms with E-state index in [1.807, 2.05) is 36.4 Å². The van der Waals surface area contributed by atoms with Crippen LogP contribution < -0.4 is 5.32 Å². The van der Waals surface area contributed by atoms with Crippen molar-refractivity contribution in [3.8, 4) is 11.1 Å². The Morgan fingerprint density at radius 1 is 1.03 bits per heavy atom. The lowest BCUT2D eigenvalue weighted by atomic mass is 9.98. The second-order valence-corrected chi connectivity index (χ2v) is 9.34. The number of aliphatic carboxylic acids is 1. The van der Waals surface area contributed by atoms with Gasteiger partial charge < -0.3 is 25.0 Å². The molecule has 8 nitrogen and oxygen atoms in total. The number of likely N-dealkylation sites (N-methyl/N-ethyl adjacent to an activating group) is 1. The molecule has 0 spiro atoms. The van der Waals surface area contributed by atoms with E-state index in [9.17, 15) is 19.5 Å². The zero-order valence-corrected chi connectivity index (χ0v) is 19.6. The van der Waals surface area contributed by atoms with E-state index in [0.717, 1.165) is 35.1 Å². The summed E-state index contributed by atoms with van der Waals surface area (Å²) >= 11 is 0. The number of hydrogen-bond donors (Lipinski definition) is 2. The molecule has 2 N–H and O–H groups in total. The molecule has 0 heterocycles. The van der Waals surface area contributed by atoms with Crippen LogP contribution >= 0.6 is 0 Å². The van der Waals surface area contributed by atoms with Gasteiger partial charge in [0.25, 0.3) is 0 Å². The number of alkyl carbamates (subject to hydrolysis) is 1. The molecular formula is C26H31N3O5. The number of carboxylic acid groups (broad SMARTS) is 1. The number of fused-ring (bicyclic) bond motifs is 3. The van der Waals surface area contributed by atoms with Gasteiger partial charge in [-0.1, -0.05) is 48.5 Å². The number of carboxylic acids is 1. The summed E-state index contributed by atoms with van der Waals surface area (Å²) < 4.78 is 5.60. The van der Waals surface area contributed by atoms with Gasteiger partial charge >= 0.3 is 12.1 Å². The van der Waals surface area contributed by atoms with Crippen LogP contribution in [0.1, 0.15) is 29.9 Å². The first-order chi connectivity index (χ1) is 16.3. The van der Waals surface area contributed by atoms with Gasteiger partial charge in [0.2, 0.25) is 5.91 Å². The van der Waals surface area contributed by atoms with Gasteiger partial charge in [-0.25, -0.2) is 4.79 Å². The average molecular weight is 466 g/mol. The van der Waals surface area contributed by atoms with Crippen molar-refractivity contribution in [2.45, 2.75) is 24.8 Å². The van der Waals surface area contributed by atoms with Gasteiger partial charge in [0.05, 0.1) is 0 Å². The topological polar surface area (TPSA) is 99.2 Å². The first-order valence-corrected chi connectivity index (χ1v) is 11.6. The Kier molecular flexibility index (Phi) is 7.17. The minimum atomic E-state index is -1.07. The maximum Gasteiger partial charge on any atom is 0.407 e. The Morgan fingerprint density at radius 3 is 2.15 bits per heavy atom.